The number of thiophene rings is 1. The van der Waals surface area contributed by atoms with Gasteiger partial charge < -0.3 is 9.88 Å². The fraction of sp³-hybridized carbons (Fsp3) is 0.417. The minimum Gasteiger partial charge on any atom is -0.353 e. The molecule has 0 aliphatic rings. The molecule has 0 saturated heterocycles. The molecule has 2 heterocycles. The Hall–Kier alpha value is -1.29. The van der Waals surface area contributed by atoms with Gasteiger partial charge in [0.25, 0.3) is 0 Å². The SMILES string of the molecule is Cc1cn(Cc2ccsc2)c(NC(C)C)n1. The molecule has 0 unspecified atom stereocenters. The third kappa shape index (κ3) is 2.64. The third-order valence-corrected chi connectivity index (χ3v) is 2.98. The van der Waals surface area contributed by atoms with Crippen molar-refractivity contribution in [3.63, 3.8) is 0 Å². The molecule has 2 rings (SSSR count). The van der Waals surface area contributed by atoms with E-state index in [1.807, 2.05) is 6.92 Å². The summed E-state index contributed by atoms with van der Waals surface area (Å²) in [5.41, 5.74) is 2.38. The number of anilines is 1. The van der Waals surface area contributed by atoms with Crippen LogP contribution in [0, 0.1) is 6.92 Å². The van der Waals surface area contributed by atoms with Crippen LogP contribution in [0.15, 0.2) is 23.0 Å². The lowest BCUT2D eigenvalue weighted by Gasteiger charge is -2.11. The summed E-state index contributed by atoms with van der Waals surface area (Å²) in [6.07, 6.45) is 2.09. The number of aromatic nitrogens is 2. The minimum absolute atomic E-state index is 0.406. The number of rotatable bonds is 4. The Kier molecular flexibility index (Phi) is 3.29. The molecular formula is C12H17N3S. The maximum absolute atomic E-state index is 4.49. The molecule has 2 aromatic heterocycles. The van der Waals surface area contributed by atoms with Gasteiger partial charge in [-0.2, -0.15) is 11.3 Å². The predicted molar refractivity (Wildman–Crippen MR) is 69.1 cm³/mol. The Morgan fingerprint density at radius 3 is 2.94 bits per heavy atom. The van der Waals surface area contributed by atoms with Gasteiger partial charge in [0.1, 0.15) is 0 Å². The molecule has 0 saturated carbocycles. The van der Waals surface area contributed by atoms with E-state index in [-0.39, 0.29) is 0 Å². The molecule has 0 amide bonds. The number of hydrogen-bond acceptors (Lipinski definition) is 3. The van der Waals surface area contributed by atoms with Crippen LogP contribution in [0.25, 0.3) is 0 Å². The number of nitrogens with zero attached hydrogens (tertiary/aromatic N) is 2. The largest absolute Gasteiger partial charge is 0.353 e. The van der Waals surface area contributed by atoms with E-state index in [0.29, 0.717) is 6.04 Å². The molecule has 1 N–H and O–H groups in total. The van der Waals surface area contributed by atoms with E-state index < -0.39 is 0 Å². The first-order chi connectivity index (χ1) is 7.65. The number of aryl methyl sites for hydroxylation is 1. The third-order valence-electron chi connectivity index (χ3n) is 2.25. The molecule has 2 aromatic rings. The van der Waals surface area contributed by atoms with Crippen molar-refractivity contribution in [2.45, 2.75) is 33.4 Å². The predicted octanol–water partition coefficient (Wildman–Crippen LogP) is 3.12. The zero-order valence-electron chi connectivity index (χ0n) is 9.90. The van der Waals surface area contributed by atoms with Crippen LogP contribution in [0.5, 0.6) is 0 Å². The summed E-state index contributed by atoms with van der Waals surface area (Å²) < 4.78 is 2.16. The van der Waals surface area contributed by atoms with E-state index in [2.05, 4.69) is 51.7 Å². The zero-order chi connectivity index (χ0) is 11.5. The van der Waals surface area contributed by atoms with Crippen molar-refractivity contribution in [1.82, 2.24) is 9.55 Å². The fourth-order valence-electron chi connectivity index (χ4n) is 1.62. The second kappa shape index (κ2) is 4.70. The van der Waals surface area contributed by atoms with Gasteiger partial charge in [-0.3, -0.25) is 0 Å². The van der Waals surface area contributed by atoms with E-state index in [1.165, 1.54) is 5.56 Å². The molecule has 0 atom stereocenters. The highest BCUT2D eigenvalue weighted by molar-refractivity contribution is 7.07. The maximum Gasteiger partial charge on any atom is 0.203 e. The van der Waals surface area contributed by atoms with Crippen molar-refractivity contribution < 1.29 is 0 Å². The molecule has 0 radical (unpaired) electrons. The van der Waals surface area contributed by atoms with Crippen molar-refractivity contribution in [2.75, 3.05) is 5.32 Å². The monoisotopic (exact) mass is 235 g/mol. The van der Waals surface area contributed by atoms with E-state index in [9.17, 15) is 0 Å². The fourth-order valence-corrected chi connectivity index (χ4v) is 2.28. The normalized spacial score (nSPS) is 11.0. The quantitative estimate of drug-likeness (QED) is 0.882. The van der Waals surface area contributed by atoms with Crippen LogP contribution < -0.4 is 5.32 Å². The molecule has 0 spiro atoms. The van der Waals surface area contributed by atoms with E-state index >= 15 is 0 Å². The van der Waals surface area contributed by atoms with E-state index in [1.54, 1.807) is 11.3 Å². The van der Waals surface area contributed by atoms with Crippen LogP contribution in [0.4, 0.5) is 5.95 Å². The minimum atomic E-state index is 0.406. The number of imidazole rings is 1. The Bertz CT molecular complexity index is 443. The van der Waals surface area contributed by atoms with Crippen molar-refractivity contribution in [2.24, 2.45) is 0 Å². The highest BCUT2D eigenvalue weighted by Crippen LogP contribution is 2.14. The van der Waals surface area contributed by atoms with Crippen LogP contribution in [0.1, 0.15) is 25.1 Å². The van der Waals surface area contributed by atoms with Gasteiger partial charge in [0, 0.05) is 12.2 Å². The lowest BCUT2D eigenvalue weighted by molar-refractivity contribution is 0.775. The summed E-state index contributed by atoms with van der Waals surface area (Å²) in [4.78, 5) is 4.49. The number of hydrogen-bond donors (Lipinski definition) is 1. The molecule has 0 aliphatic heterocycles. The van der Waals surface area contributed by atoms with Gasteiger partial charge in [-0.25, -0.2) is 4.98 Å². The molecule has 4 heteroatoms. The summed E-state index contributed by atoms with van der Waals surface area (Å²) in [5, 5.41) is 7.64. The van der Waals surface area contributed by atoms with Crippen LogP contribution >= 0.6 is 11.3 Å². The Morgan fingerprint density at radius 1 is 1.50 bits per heavy atom. The first-order valence-electron chi connectivity index (χ1n) is 5.46. The number of nitrogens with one attached hydrogen (secondary N) is 1. The van der Waals surface area contributed by atoms with Gasteiger partial charge in [-0.15, -0.1) is 0 Å². The van der Waals surface area contributed by atoms with Gasteiger partial charge in [0.2, 0.25) is 5.95 Å². The standard InChI is InChI=1S/C12H17N3S/c1-9(2)13-12-14-10(3)6-15(12)7-11-4-5-16-8-11/h4-6,8-9H,7H2,1-3H3,(H,13,14). The van der Waals surface area contributed by atoms with E-state index in [4.69, 9.17) is 0 Å². The molecule has 0 aromatic carbocycles. The van der Waals surface area contributed by atoms with Crippen molar-refractivity contribution in [3.05, 3.63) is 34.3 Å². The molecule has 3 nitrogen and oxygen atoms in total. The highest BCUT2D eigenvalue weighted by atomic mass is 32.1. The maximum atomic E-state index is 4.49. The molecule has 0 bridgehead atoms. The topological polar surface area (TPSA) is 29.9 Å². The van der Waals surface area contributed by atoms with Gasteiger partial charge in [0.15, 0.2) is 0 Å². The lowest BCUT2D eigenvalue weighted by atomic mass is 10.3. The zero-order valence-corrected chi connectivity index (χ0v) is 10.7. The van der Waals surface area contributed by atoms with Crippen LogP contribution in [0.3, 0.4) is 0 Å². The van der Waals surface area contributed by atoms with Crippen LogP contribution in [-0.2, 0) is 6.54 Å². The average molecular weight is 235 g/mol. The van der Waals surface area contributed by atoms with Gasteiger partial charge >= 0.3 is 0 Å². The Labute approximate surface area is 100 Å². The summed E-state index contributed by atoms with van der Waals surface area (Å²) in [5.74, 6) is 0.957. The van der Waals surface area contributed by atoms with E-state index in [0.717, 1.165) is 18.2 Å². The summed E-state index contributed by atoms with van der Waals surface area (Å²) in [6, 6.07) is 2.56. The lowest BCUT2D eigenvalue weighted by Crippen LogP contribution is -2.14. The van der Waals surface area contributed by atoms with Gasteiger partial charge in [-0.1, -0.05) is 0 Å². The molecule has 0 fully saturated rings. The molecular weight excluding hydrogens is 218 g/mol. The van der Waals surface area contributed by atoms with Gasteiger partial charge in [0.05, 0.1) is 12.2 Å². The second-order valence-corrected chi connectivity index (χ2v) is 5.04. The van der Waals surface area contributed by atoms with Crippen molar-refractivity contribution >= 4 is 17.3 Å². The van der Waals surface area contributed by atoms with Crippen molar-refractivity contribution in [3.8, 4) is 0 Å². The smallest absolute Gasteiger partial charge is 0.203 e. The second-order valence-electron chi connectivity index (χ2n) is 4.26. The first kappa shape index (κ1) is 11.2. The van der Waals surface area contributed by atoms with Crippen LogP contribution in [0.2, 0.25) is 0 Å². The Balaban J connectivity index is 2.19. The molecule has 86 valence electrons. The highest BCUT2D eigenvalue weighted by Gasteiger charge is 2.07. The molecule has 0 aliphatic carbocycles. The summed E-state index contributed by atoms with van der Waals surface area (Å²) in [6.45, 7) is 7.16. The first-order valence-corrected chi connectivity index (χ1v) is 6.41. The summed E-state index contributed by atoms with van der Waals surface area (Å²) >= 11 is 1.73. The van der Waals surface area contributed by atoms with Crippen LogP contribution in [-0.4, -0.2) is 15.6 Å². The Morgan fingerprint density at radius 2 is 2.31 bits per heavy atom. The van der Waals surface area contributed by atoms with Crippen molar-refractivity contribution in [1.29, 1.82) is 0 Å². The van der Waals surface area contributed by atoms with Gasteiger partial charge in [-0.05, 0) is 43.2 Å². The average Bonchev–Trinajstić information content (AvgIpc) is 2.77. The molecule has 16 heavy (non-hydrogen) atoms. The summed E-state index contributed by atoms with van der Waals surface area (Å²) in [7, 11) is 0.